The number of rotatable bonds is 4. The van der Waals surface area contributed by atoms with Crippen molar-refractivity contribution >= 4 is 22.5 Å². The predicted octanol–water partition coefficient (Wildman–Crippen LogP) is 3.08. The Morgan fingerprint density at radius 1 is 1.33 bits per heavy atom. The number of hydrogen-bond acceptors (Lipinski definition) is 3. The van der Waals surface area contributed by atoms with Crippen molar-refractivity contribution < 1.29 is 0 Å². The highest BCUT2D eigenvalue weighted by molar-refractivity contribution is 7.99. The molecule has 0 radical (unpaired) electrons. The van der Waals surface area contributed by atoms with Crippen molar-refractivity contribution in [1.29, 1.82) is 0 Å². The van der Waals surface area contributed by atoms with Crippen LogP contribution in [0.4, 0.5) is 0 Å². The summed E-state index contributed by atoms with van der Waals surface area (Å²) in [5.41, 5.74) is 1.38. The molecule has 3 heteroatoms. The Hall–Kier alpha value is -1.06. The second-order valence-corrected chi connectivity index (χ2v) is 6.02. The molecule has 2 aromatic rings. The van der Waals surface area contributed by atoms with E-state index in [-0.39, 0.29) is 0 Å². The summed E-state index contributed by atoms with van der Waals surface area (Å²) in [6.07, 6.45) is 5.18. The number of aromatic nitrogens is 1. The summed E-state index contributed by atoms with van der Waals surface area (Å²) in [4.78, 5) is 4.17. The Morgan fingerprint density at radius 2 is 2.33 bits per heavy atom. The smallest absolute Gasteiger partial charge is 0.0346 e. The fourth-order valence-corrected chi connectivity index (χ4v) is 3.78. The van der Waals surface area contributed by atoms with Crippen molar-refractivity contribution in [2.75, 3.05) is 18.1 Å². The average molecular weight is 258 g/mol. The van der Waals surface area contributed by atoms with Crippen molar-refractivity contribution in [3.63, 3.8) is 0 Å². The second kappa shape index (κ2) is 5.72. The van der Waals surface area contributed by atoms with E-state index in [1.165, 1.54) is 34.3 Å². The quantitative estimate of drug-likeness (QED) is 0.912. The molecule has 1 aliphatic rings. The fraction of sp³-hybridized carbons (Fsp3) is 0.400. The maximum atomic E-state index is 4.17. The first-order valence-corrected chi connectivity index (χ1v) is 7.69. The summed E-state index contributed by atoms with van der Waals surface area (Å²) in [6.45, 7) is 2.11. The van der Waals surface area contributed by atoms with Crippen molar-refractivity contribution in [1.82, 2.24) is 10.3 Å². The monoisotopic (exact) mass is 258 g/mol. The topological polar surface area (TPSA) is 24.9 Å². The zero-order valence-corrected chi connectivity index (χ0v) is 11.2. The summed E-state index contributed by atoms with van der Waals surface area (Å²) in [5.74, 6) is 3.53. The molecular weight excluding hydrogens is 240 g/mol. The molecule has 1 aromatic carbocycles. The molecule has 1 unspecified atom stereocenters. The van der Waals surface area contributed by atoms with E-state index < -0.39 is 0 Å². The minimum atomic E-state index is 0.867. The van der Waals surface area contributed by atoms with Crippen molar-refractivity contribution in [2.24, 2.45) is 5.92 Å². The van der Waals surface area contributed by atoms with Crippen LogP contribution < -0.4 is 5.32 Å². The maximum Gasteiger partial charge on any atom is 0.0346 e. The number of thioether (sulfide) groups is 1. The molecule has 1 N–H and O–H groups in total. The molecule has 2 nitrogen and oxygen atoms in total. The first-order chi connectivity index (χ1) is 8.93. The van der Waals surface area contributed by atoms with E-state index in [0.29, 0.717) is 0 Å². The molecular formula is C15H18N2S. The van der Waals surface area contributed by atoms with Crippen LogP contribution >= 0.6 is 11.8 Å². The molecule has 0 spiro atoms. The molecule has 1 saturated heterocycles. The lowest BCUT2D eigenvalue weighted by Crippen LogP contribution is -2.22. The first kappa shape index (κ1) is 12.0. The lowest BCUT2D eigenvalue weighted by Gasteiger charge is -2.11. The normalized spacial score (nSPS) is 19.4. The van der Waals surface area contributed by atoms with Gasteiger partial charge in [0.2, 0.25) is 0 Å². The highest BCUT2D eigenvalue weighted by Gasteiger charge is 2.14. The third-order valence-electron chi connectivity index (χ3n) is 3.54. The minimum Gasteiger partial charge on any atom is -0.312 e. The fourth-order valence-electron chi connectivity index (χ4n) is 2.50. The molecule has 1 aliphatic heterocycles. The Balaban J connectivity index is 1.66. The number of fused-ring (bicyclic) bond motifs is 1. The van der Waals surface area contributed by atoms with E-state index in [9.17, 15) is 0 Å². The average Bonchev–Trinajstić information content (AvgIpc) is 2.92. The van der Waals surface area contributed by atoms with Crippen LogP contribution in [-0.2, 0) is 6.54 Å². The van der Waals surface area contributed by atoms with Crippen LogP contribution in [0.1, 0.15) is 12.0 Å². The molecule has 1 fully saturated rings. The van der Waals surface area contributed by atoms with Crippen LogP contribution in [0.5, 0.6) is 0 Å². The van der Waals surface area contributed by atoms with E-state index in [0.717, 1.165) is 19.0 Å². The molecule has 3 rings (SSSR count). The van der Waals surface area contributed by atoms with E-state index in [1.807, 2.05) is 12.4 Å². The molecule has 18 heavy (non-hydrogen) atoms. The van der Waals surface area contributed by atoms with Crippen LogP contribution in [0.15, 0.2) is 36.7 Å². The van der Waals surface area contributed by atoms with Gasteiger partial charge in [0.25, 0.3) is 0 Å². The Labute approximate surface area is 112 Å². The van der Waals surface area contributed by atoms with Gasteiger partial charge in [0.15, 0.2) is 0 Å². The van der Waals surface area contributed by atoms with Gasteiger partial charge in [-0.1, -0.05) is 18.2 Å². The van der Waals surface area contributed by atoms with Gasteiger partial charge < -0.3 is 5.32 Å². The number of benzene rings is 1. The van der Waals surface area contributed by atoms with Gasteiger partial charge in [-0.2, -0.15) is 11.8 Å². The lowest BCUT2D eigenvalue weighted by molar-refractivity contribution is 0.524. The molecule has 1 atom stereocenters. The number of nitrogens with zero attached hydrogens (tertiary/aromatic N) is 1. The zero-order chi connectivity index (χ0) is 12.2. The SMILES string of the molecule is c1cc(CNCC2CCSC2)c2ccncc2c1. The van der Waals surface area contributed by atoms with Gasteiger partial charge in [-0.05, 0) is 47.4 Å². The molecule has 1 aromatic heterocycles. The highest BCUT2D eigenvalue weighted by atomic mass is 32.2. The van der Waals surface area contributed by atoms with E-state index in [2.05, 4.69) is 46.3 Å². The lowest BCUT2D eigenvalue weighted by atomic mass is 10.1. The van der Waals surface area contributed by atoms with Crippen molar-refractivity contribution in [3.8, 4) is 0 Å². The van der Waals surface area contributed by atoms with Gasteiger partial charge in [0.1, 0.15) is 0 Å². The van der Waals surface area contributed by atoms with Gasteiger partial charge >= 0.3 is 0 Å². The van der Waals surface area contributed by atoms with Crippen LogP contribution in [0.2, 0.25) is 0 Å². The molecule has 0 aliphatic carbocycles. The number of hydrogen-bond donors (Lipinski definition) is 1. The van der Waals surface area contributed by atoms with Crippen molar-refractivity contribution in [2.45, 2.75) is 13.0 Å². The van der Waals surface area contributed by atoms with Crippen LogP contribution in [0.25, 0.3) is 10.8 Å². The Kier molecular flexibility index (Phi) is 3.81. The zero-order valence-electron chi connectivity index (χ0n) is 10.4. The summed E-state index contributed by atoms with van der Waals surface area (Å²) in [7, 11) is 0. The molecule has 0 amide bonds. The molecule has 94 valence electrons. The van der Waals surface area contributed by atoms with Gasteiger partial charge in [0.05, 0.1) is 0 Å². The van der Waals surface area contributed by atoms with Gasteiger partial charge in [-0.3, -0.25) is 4.98 Å². The molecule has 0 saturated carbocycles. The maximum absolute atomic E-state index is 4.17. The Bertz CT molecular complexity index is 515. The van der Waals surface area contributed by atoms with Gasteiger partial charge in [0, 0.05) is 24.3 Å². The van der Waals surface area contributed by atoms with Gasteiger partial charge in [-0.25, -0.2) is 0 Å². The van der Waals surface area contributed by atoms with E-state index in [4.69, 9.17) is 0 Å². The van der Waals surface area contributed by atoms with Crippen LogP contribution in [-0.4, -0.2) is 23.0 Å². The molecule has 0 bridgehead atoms. The predicted molar refractivity (Wildman–Crippen MR) is 78.9 cm³/mol. The summed E-state index contributed by atoms with van der Waals surface area (Å²) in [6, 6.07) is 8.56. The largest absolute Gasteiger partial charge is 0.312 e. The Morgan fingerprint density at radius 3 is 3.22 bits per heavy atom. The summed E-state index contributed by atoms with van der Waals surface area (Å²) >= 11 is 2.08. The third-order valence-corrected chi connectivity index (χ3v) is 4.77. The number of pyridine rings is 1. The van der Waals surface area contributed by atoms with Crippen molar-refractivity contribution in [3.05, 3.63) is 42.2 Å². The van der Waals surface area contributed by atoms with Crippen LogP contribution in [0, 0.1) is 5.92 Å². The standard InChI is InChI=1S/C15H18N2S/c1-2-13-9-16-6-4-15(13)14(3-1)10-17-8-12-5-7-18-11-12/h1-4,6,9,12,17H,5,7-8,10-11H2. The van der Waals surface area contributed by atoms with E-state index in [1.54, 1.807) is 0 Å². The summed E-state index contributed by atoms with van der Waals surface area (Å²) in [5, 5.41) is 6.15. The first-order valence-electron chi connectivity index (χ1n) is 6.53. The highest BCUT2D eigenvalue weighted by Crippen LogP contribution is 2.23. The number of nitrogens with one attached hydrogen (secondary N) is 1. The van der Waals surface area contributed by atoms with E-state index >= 15 is 0 Å². The van der Waals surface area contributed by atoms with Crippen LogP contribution in [0.3, 0.4) is 0 Å². The minimum absolute atomic E-state index is 0.867. The van der Waals surface area contributed by atoms with Gasteiger partial charge in [-0.15, -0.1) is 0 Å². The molecule has 2 heterocycles. The second-order valence-electron chi connectivity index (χ2n) is 4.87. The summed E-state index contributed by atoms with van der Waals surface area (Å²) < 4.78 is 0. The third kappa shape index (κ3) is 2.68.